The van der Waals surface area contributed by atoms with Gasteiger partial charge in [-0.15, -0.1) is 0 Å². The molecule has 0 amide bonds. The fourth-order valence-corrected chi connectivity index (χ4v) is 2.73. The van der Waals surface area contributed by atoms with Gasteiger partial charge in [-0.25, -0.2) is 0 Å². The SMILES string of the molecule is N#Cc1cc(CBr)c2cc(O)sc2c1. The van der Waals surface area contributed by atoms with E-state index in [4.69, 9.17) is 5.26 Å². The molecule has 2 aromatic rings. The van der Waals surface area contributed by atoms with Crippen LogP contribution in [-0.2, 0) is 5.33 Å². The average Bonchev–Trinajstić information content (AvgIpc) is 2.56. The molecular weight excluding hydrogens is 262 g/mol. The second-order valence-corrected chi connectivity index (χ2v) is 4.50. The molecule has 2 nitrogen and oxygen atoms in total. The van der Waals surface area contributed by atoms with Gasteiger partial charge in [0.05, 0.1) is 11.6 Å². The Bertz CT molecular complexity index is 527. The Morgan fingerprint density at radius 3 is 2.86 bits per heavy atom. The summed E-state index contributed by atoms with van der Waals surface area (Å²) in [4.78, 5) is 0. The van der Waals surface area contributed by atoms with Gasteiger partial charge in [-0.1, -0.05) is 27.3 Å². The fourth-order valence-electron chi connectivity index (χ4n) is 1.37. The Balaban J connectivity index is 2.80. The average molecular weight is 268 g/mol. The van der Waals surface area contributed by atoms with Crippen molar-refractivity contribution in [2.24, 2.45) is 0 Å². The molecule has 4 heteroatoms. The molecule has 0 radical (unpaired) electrons. The number of rotatable bonds is 1. The minimum absolute atomic E-state index is 0.289. The van der Waals surface area contributed by atoms with Crippen molar-refractivity contribution in [1.29, 1.82) is 5.26 Å². The third-order valence-corrected chi connectivity index (χ3v) is 3.47. The van der Waals surface area contributed by atoms with E-state index >= 15 is 0 Å². The third-order valence-electron chi connectivity index (χ3n) is 1.98. The van der Waals surface area contributed by atoms with Gasteiger partial charge in [0.2, 0.25) is 0 Å². The van der Waals surface area contributed by atoms with Gasteiger partial charge < -0.3 is 5.11 Å². The van der Waals surface area contributed by atoms with E-state index in [-0.39, 0.29) is 5.06 Å². The quantitative estimate of drug-likeness (QED) is 0.806. The van der Waals surface area contributed by atoms with Crippen LogP contribution in [0.15, 0.2) is 18.2 Å². The summed E-state index contributed by atoms with van der Waals surface area (Å²) in [6.07, 6.45) is 0. The topological polar surface area (TPSA) is 44.0 Å². The predicted molar refractivity (Wildman–Crippen MR) is 60.8 cm³/mol. The fraction of sp³-hybridized carbons (Fsp3) is 0.100. The van der Waals surface area contributed by atoms with Gasteiger partial charge in [-0.05, 0) is 23.8 Å². The van der Waals surface area contributed by atoms with Crippen LogP contribution < -0.4 is 0 Å². The number of nitriles is 1. The van der Waals surface area contributed by atoms with Crippen LogP contribution in [0.25, 0.3) is 10.1 Å². The van der Waals surface area contributed by atoms with Crippen LogP contribution in [0.4, 0.5) is 0 Å². The number of fused-ring (bicyclic) bond motifs is 1. The summed E-state index contributed by atoms with van der Waals surface area (Å²) in [5.74, 6) is 0. The molecule has 2 rings (SSSR count). The molecule has 1 aromatic heterocycles. The Kier molecular flexibility index (Phi) is 2.44. The van der Waals surface area contributed by atoms with Crippen molar-refractivity contribution in [1.82, 2.24) is 0 Å². The first kappa shape index (κ1) is 9.50. The van der Waals surface area contributed by atoms with E-state index in [1.807, 2.05) is 6.07 Å². The largest absolute Gasteiger partial charge is 0.499 e. The molecule has 0 aliphatic carbocycles. The molecule has 1 aromatic carbocycles. The number of hydrogen-bond donors (Lipinski definition) is 1. The number of thiophene rings is 1. The number of aromatic hydroxyl groups is 1. The summed E-state index contributed by atoms with van der Waals surface area (Å²) in [6.45, 7) is 0. The molecule has 0 saturated carbocycles. The highest BCUT2D eigenvalue weighted by Crippen LogP contribution is 2.34. The minimum Gasteiger partial charge on any atom is -0.499 e. The number of alkyl halides is 1. The van der Waals surface area contributed by atoms with Gasteiger partial charge in [-0.2, -0.15) is 5.26 Å². The van der Waals surface area contributed by atoms with Crippen molar-refractivity contribution in [3.05, 3.63) is 29.3 Å². The highest BCUT2D eigenvalue weighted by atomic mass is 79.9. The Morgan fingerprint density at radius 1 is 1.43 bits per heavy atom. The third kappa shape index (κ3) is 1.49. The molecule has 0 atom stereocenters. The van der Waals surface area contributed by atoms with Gasteiger partial charge in [0.15, 0.2) is 5.06 Å². The summed E-state index contributed by atoms with van der Waals surface area (Å²) in [5, 5.41) is 20.2. The maximum atomic E-state index is 9.36. The lowest BCUT2D eigenvalue weighted by Gasteiger charge is -1.98. The first-order valence-corrected chi connectivity index (χ1v) is 5.90. The molecule has 0 fully saturated rings. The highest BCUT2D eigenvalue weighted by molar-refractivity contribution is 9.08. The molecule has 1 N–H and O–H groups in total. The van der Waals surface area contributed by atoms with Crippen LogP contribution in [0.5, 0.6) is 5.06 Å². The summed E-state index contributed by atoms with van der Waals surface area (Å²) >= 11 is 4.66. The summed E-state index contributed by atoms with van der Waals surface area (Å²) in [7, 11) is 0. The zero-order valence-corrected chi connectivity index (χ0v) is 9.52. The van der Waals surface area contributed by atoms with Crippen LogP contribution in [0.3, 0.4) is 0 Å². The van der Waals surface area contributed by atoms with Crippen LogP contribution in [0.1, 0.15) is 11.1 Å². The van der Waals surface area contributed by atoms with E-state index in [9.17, 15) is 5.11 Å². The number of hydrogen-bond acceptors (Lipinski definition) is 3. The van der Waals surface area contributed by atoms with Crippen molar-refractivity contribution in [2.75, 3.05) is 0 Å². The van der Waals surface area contributed by atoms with Gasteiger partial charge in [0.1, 0.15) is 0 Å². The second-order valence-electron chi connectivity index (χ2n) is 2.88. The van der Waals surface area contributed by atoms with E-state index in [1.165, 1.54) is 11.3 Å². The van der Waals surface area contributed by atoms with Crippen LogP contribution in [-0.4, -0.2) is 5.11 Å². The first-order chi connectivity index (χ1) is 6.74. The van der Waals surface area contributed by atoms with E-state index in [1.54, 1.807) is 12.1 Å². The van der Waals surface area contributed by atoms with E-state index in [0.29, 0.717) is 10.9 Å². The molecule has 0 spiro atoms. The van der Waals surface area contributed by atoms with Crippen LogP contribution in [0, 0.1) is 11.3 Å². The minimum atomic E-state index is 0.289. The van der Waals surface area contributed by atoms with Gasteiger partial charge in [-0.3, -0.25) is 0 Å². The molecule has 0 aliphatic heterocycles. The standard InChI is InChI=1S/C10H6BrNOS/c11-4-7-1-6(5-12)2-9-8(7)3-10(13)14-9/h1-3,13H,4H2. The first-order valence-electron chi connectivity index (χ1n) is 3.96. The number of halogens is 1. The highest BCUT2D eigenvalue weighted by Gasteiger charge is 2.07. The monoisotopic (exact) mass is 267 g/mol. The van der Waals surface area contributed by atoms with Crippen LogP contribution >= 0.6 is 27.3 Å². The molecule has 0 bridgehead atoms. The molecule has 14 heavy (non-hydrogen) atoms. The number of nitrogens with zero attached hydrogens (tertiary/aromatic N) is 1. The van der Waals surface area contributed by atoms with E-state index < -0.39 is 0 Å². The van der Waals surface area contributed by atoms with Crippen LogP contribution in [0.2, 0.25) is 0 Å². The summed E-state index contributed by atoms with van der Waals surface area (Å²) < 4.78 is 0.955. The molecule has 0 saturated heterocycles. The Morgan fingerprint density at radius 2 is 2.21 bits per heavy atom. The zero-order chi connectivity index (χ0) is 10.1. The van der Waals surface area contributed by atoms with Crippen molar-refractivity contribution in [3.63, 3.8) is 0 Å². The van der Waals surface area contributed by atoms with Crippen molar-refractivity contribution in [2.45, 2.75) is 5.33 Å². The Hall–Kier alpha value is -1.05. The summed E-state index contributed by atoms with van der Waals surface area (Å²) in [5.41, 5.74) is 1.67. The van der Waals surface area contributed by atoms with Gasteiger partial charge >= 0.3 is 0 Å². The molecule has 1 heterocycles. The van der Waals surface area contributed by atoms with E-state index in [2.05, 4.69) is 22.0 Å². The van der Waals surface area contributed by atoms with Crippen molar-refractivity contribution < 1.29 is 5.11 Å². The lowest BCUT2D eigenvalue weighted by atomic mass is 10.1. The van der Waals surface area contributed by atoms with E-state index in [0.717, 1.165) is 15.6 Å². The van der Waals surface area contributed by atoms with Gasteiger partial charge in [0, 0.05) is 15.4 Å². The lowest BCUT2D eigenvalue weighted by Crippen LogP contribution is -1.81. The second kappa shape index (κ2) is 3.60. The Labute approximate surface area is 93.5 Å². The number of benzene rings is 1. The zero-order valence-electron chi connectivity index (χ0n) is 7.12. The molecule has 70 valence electrons. The molecular formula is C10H6BrNOS. The predicted octanol–water partition coefficient (Wildman–Crippen LogP) is 3.37. The maximum absolute atomic E-state index is 9.36. The smallest absolute Gasteiger partial charge is 0.172 e. The van der Waals surface area contributed by atoms with Crippen molar-refractivity contribution in [3.8, 4) is 11.1 Å². The van der Waals surface area contributed by atoms with Crippen molar-refractivity contribution >= 4 is 37.4 Å². The lowest BCUT2D eigenvalue weighted by molar-refractivity contribution is 0.491. The maximum Gasteiger partial charge on any atom is 0.172 e. The molecule has 0 aliphatic rings. The molecule has 0 unspecified atom stereocenters. The summed E-state index contributed by atoms with van der Waals surface area (Å²) in [6, 6.07) is 7.48. The van der Waals surface area contributed by atoms with Gasteiger partial charge in [0.25, 0.3) is 0 Å². The normalized spacial score (nSPS) is 10.3.